The van der Waals surface area contributed by atoms with E-state index in [-0.39, 0.29) is 18.5 Å². The van der Waals surface area contributed by atoms with Crippen LogP contribution < -0.4 is 5.32 Å². The maximum Gasteiger partial charge on any atom is 0.305 e. The van der Waals surface area contributed by atoms with Crippen LogP contribution in [-0.4, -0.2) is 47.4 Å². The molecular formula is C64H123NO5. The first-order valence-corrected chi connectivity index (χ1v) is 31.6. The summed E-state index contributed by atoms with van der Waals surface area (Å²) in [6, 6.07) is -0.539. The van der Waals surface area contributed by atoms with Gasteiger partial charge in [0.05, 0.1) is 25.4 Å². The highest BCUT2D eigenvalue weighted by molar-refractivity contribution is 5.76. The minimum atomic E-state index is -0.661. The van der Waals surface area contributed by atoms with Crippen LogP contribution in [0.3, 0.4) is 0 Å². The zero-order chi connectivity index (χ0) is 50.7. The van der Waals surface area contributed by atoms with Crippen LogP contribution in [0.2, 0.25) is 0 Å². The highest BCUT2D eigenvalue weighted by atomic mass is 16.5. The van der Waals surface area contributed by atoms with E-state index >= 15 is 0 Å². The molecule has 0 fully saturated rings. The molecule has 70 heavy (non-hydrogen) atoms. The fraction of sp³-hybridized carbons (Fsp3) is 0.906. The first kappa shape index (κ1) is 68.3. The Bertz CT molecular complexity index is 1090. The quantitative estimate of drug-likeness (QED) is 0.0321. The lowest BCUT2D eigenvalue weighted by Gasteiger charge is -2.22. The topological polar surface area (TPSA) is 95.9 Å². The second kappa shape index (κ2) is 59.9. The molecule has 0 aliphatic carbocycles. The lowest BCUT2D eigenvalue weighted by atomic mass is 10.0. The van der Waals surface area contributed by atoms with Crippen molar-refractivity contribution >= 4 is 11.9 Å². The van der Waals surface area contributed by atoms with E-state index < -0.39 is 12.1 Å². The second-order valence-electron chi connectivity index (χ2n) is 21.7. The van der Waals surface area contributed by atoms with Crippen molar-refractivity contribution in [3.63, 3.8) is 0 Å². The molecule has 6 nitrogen and oxygen atoms in total. The van der Waals surface area contributed by atoms with Crippen molar-refractivity contribution in [3.8, 4) is 0 Å². The lowest BCUT2D eigenvalue weighted by Crippen LogP contribution is -2.45. The molecule has 0 saturated heterocycles. The van der Waals surface area contributed by atoms with Gasteiger partial charge >= 0.3 is 5.97 Å². The summed E-state index contributed by atoms with van der Waals surface area (Å²) in [6.07, 6.45) is 73.4. The number of allylic oxidation sites excluding steroid dienone is 4. The van der Waals surface area contributed by atoms with Crippen LogP contribution in [0.4, 0.5) is 0 Å². The molecule has 0 aromatic heterocycles. The summed E-state index contributed by atoms with van der Waals surface area (Å²) in [5, 5.41) is 23.3. The standard InChI is InChI=1S/C64H123NO5/c1-3-5-7-9-11-13-15-17-34-38-42-46-50-54-58-64(69)70-59-55-51-47-43-39-35-31-29-27-25-23-21-19-18-20-22-24-26-28-30-33-37-41-45-49-53-57-63(68)65-61(60-66)62(67)56-52-48-44-40-36-32-16-14-12-10-8-6-4-2/h9,11,15,17,61-62,66-67H,3-8,10,12-14,16,18-60H2,1-2H3,(H,65,68)/b11-9-,17-15-. The molecule has 0 aliphatic heterocycles. The number of esters is 1. The molecule has 0 rings (SSSR count). The number of amides is 1. The Balaban J connectivity index is 3.34. The zero-order valence-corrected chi connectivity index (χ0v) is 47.3. The summed E-state index contributed by atoms with van der Waals surface area (Å²) >= 11 is 0. The lowest BCUT2D eigenvalue weighted by molar-refractivity contribution is -0.143. The van der Waals surface area contributed by atoms with Crippen molar-refractivity contribution in [2.24, 2.45) is 0 Å². The minimum absolute atomic E-state index is 0.00289. The molecule has 0 aromatic rings. The van der Waals surface area contributed by atoms with Crippen LogP contribution in [0.1, 0.15) is 348 Å². The Labute approximate surface area is 437 Å². The van der Waals surface area contributed by atoms with Gasteiger partial charge in [-0.1, -0.05) is 308 Å². The Morgan fingerprint density at radius 3 is 1.13 bits per heavy atom. The molecule has 3 N–H and O–H groups in total. The van der Waals surface area contributed by atoms with Crippen LogP contribution in [0.5, 0.6) is 0 Å². The first-order chi connectivity index (χ1) is 34.5. The first-order valence-electron chi connectivity index (χ1n) is 31.6. The largest absolute Gasteiger partial charge is 0.466 e. The molecule has 6 heteroatoms. The van der Waals surface area contributed by atoms with E-state index in [1.165, 1.54) is 263 Å². The van der Waals surface area contributed by atoms with Crippen molar-refractivity contribution < 1.29 is 24.5 Å². The molecule has 0 bridgehead atoms. The van der Waals surface area contributed by atoms with Crippen LogP contribution >= 0.6 is 0 Å². The van der Waals surface area contributed by atoms with Crippen molar-refractivity contribution in [1.82, 2.24) is 5.32 Å². The predicted octanol–water partition coefficient (Wildman–Crippen LogP) is 19.8. The third kappa shape index (κ3) is 55.7. The number of nitrogens with one attached hydrogen (secondary N) is 1. The predicted molar refractivity (Wildman–Crippen MR) is 306 cm³/mol. The molecule has 2 unspecified atom stereocenters. The van der Waals surface area contributed by atoms with Gasteiger partial charge in [-0.15, -0.1) is 0 Å². The number of carbonyl (C=O) groups is 2. The summed E-state index contributed by atoms with van der Waals surface area (Å²) in [4.78, 5) is 24.5. The molecule has 0 aliphatic rings. The number of unbranched alkanes of at least 4 members (excludes halogenated alkanes) is 44. The van der Waals surface area contributed by atoms with Gasteiger partial charge in [-0.3, -0.25) is 9.59 Å². The molecule has 2 atom stereocenters. The Kier molecular flexibility index (Phi) is 58.5. The molecule has 1 amide bonds. The summed E-state index contributed by atoms with van der Waals surface area (Å²) in [7, 11) is 0. The van der Waals surface area contributed by atoms with Crippen LogP contribution in [0.15, 0.2) is 24.3 Å². The van der Waals surface area contributed by atoms with Gasteiger partial charge in [0.15, 0.2) is 0 Å². The highest BCUT2D eigenvalue weighted by Gasteiger charge is 2.20. The average molecular weight is 987 g/mol. The Hall–Kier alpha value is -1.66. The molecule has 0 saturated carbocycles. The summed E-state index contributed by atoms with van der Waals surface area (Å²) in [5.41, 5.74) is 0. The molecule has 0 radical (unpaired) electrons. The third-order valence-corrected chi connectivity index (χ3v) is 14.8. The maximum absolute atomic E-state index is 12.5. The van der Waals surface area contributed by atoms with Crippen LogP contribution in [0.25, 0.3) is 0 Å². The zero-order valence-electron chi connectivity index (χ0n) is 47.3. The smallest absolute Gasteiger partial charge is 0.305 e. The van der Waals surface area contributed by atoms with Crippen molar-refractivity contribution in [1.29, 1.82) is 0 Å². The number of ether oxygens (including phenoxy) is 1. The third-order valence-electron chi connectivity index (χ3n) is 14.8. The number of carbonyl (C=O) groups excluding carboxylic acids is 2. The van der Waals surface area contributed by atoms with Gasteiger partial charge in [0.25, 0.3) is 0 Å². The fourth-order valence-corrected chi connectivity index (χ4v) is 9.89. The van der Waals surface area contributed by atoms with Crippen molar-refractivity contribution in [2.75, 3.05) is 13.2 Å². The van der Waals surface area contributed by atoms with E-state index in [0.29, 0.717) is 25.9 Å². The van der Waals surface area contributed by atoms with Crippen LogP contribution in [0, 0.1) is 0 Å². The number of aliphatic hydroxyl groups excluding tert-OH is 2. The Morgan fingerprint density at radius 1 is 0.400 bits per heavy atom. The van der Waals surface area contributed by atoms with E-state index in [0.717, 1.165) is 51.4 Å². The number of hydrogen-bond donors (Lipinski definition) is 3. The van der Waals surface area contributed by atoms with E-state index in [9.17, 15) is 19.8 Å². The fourth-order valence-electron chi connectivity index (χ4n) is 9.89. The number of aliphatic hydroxyl groups is 2. The van der Waals surface area contributed by atoms with Gasteiger partial charge in [0.1, 0.15) is 0 Å². The average Bonchev–Trinajstić information content (AvgIpc) is 3.36. The summed E-state index contributed by atoms with van der Waals surface area (Å²) < 4.78 is 5.48. The van der Waals surface area contributed by atoms with Crippen molar-refractivity contribution in [3.05, 3.63) is 24.3 Å². The Morgan fingerprint density at radius 2 is 0.729 bits per heavy atom. The van der Waals surface area contributed by atoms with E-state index in [1.54, 1.807) is 0 Å². The van der Waals surface area contributed by atoms with Gasteiger partial charge in [-0.05, 0) is 51.4 Å². The normalized spacial score (nSPS) is 12.7. The van der Waals surface area contributed by atoms with Gasteiger partial charge in [-0.2, -0.15) is 0 Å². The van der Waals surface area contributed by atoms with Crippen molar-refractivity contribution in [2.45, 2.75) is 360 Å². The second-order valence-corrected chi connectivity index (χ2v) is 21.7. The van der Waals surface area contributed by atoms with Crippen LogP contribution in [-0.2, 0) is 14.3 Å². The SMILES string of the molecule is CCCC/C=C\C/C=C\CCCCCCCC(=O)OCCCCCCCCCCCCCCCCCCCCCCCCCCCCC(=O)NC(CO)C(O)CCCCCCCCCCCCCCC. The van der Waals surface area contributed by atoms with Gasteiger partial charge < -0.3 is 20.3 Å². The van der Waals surface area contributed by atoms with E-state index in [4.69, 9.17) is 4.74 Å². The van der Waals surface area contributed by atoms with Gasteiger partial charge in [0, 0.05) is 12.8 Å². The maximum atomic E-state index is 12.5. The monoisotopic (exact) mass is 986 g/mol. The molecule has 0 aromatic carbocycles. The molecular weight excluding hydrogens is 863 g/mol. The highest BCUT2D eigenvalue weighted by Crippen LogP contribution is 2.18. The van der Waals surface area contributed by atoms with E-state index in [2.05, 4.69) is 43.5 Å². The number of hydrogen-bond acceptors (Lipinski definition) is 5. The molecule has 414 valence electrons. The van der Waals surface area contributed by atoms with Gasteiger partial charge in [0.2, 0.25) is 5.91 Å². The minimum Gasteiger partial charge on any atom is -0.466 e. The molecule has 0 spiro atoms. The number of rotatable bonds is 59. The summed E-state index contributed by atoms with van der Waals surface area (Å²) in [5.74, 6) is -0.0286. The molecule has 0 heterocycles. The summed E-state index contributed by atoms with van der Waals surface area (Å²) in [6.45, 7) is 4.92. The van der Waals surface area contributed by atoms with Gasteiger partial charge in [-0.25, -0.2) is 0 Å². The van der Waals surface area contributed by atoms with E-state index in [1.807, 2.05) is 0 Å².